The Bertz CT molecular complexity index is 277. The van der Waals surface area contributed by atoms with Gasteiger partial charge in [-0.3, -0.25) is 4.79 Å². The molecule has 0 bridgehead atoms. The first-order valence-corrected chi connectivity index (χ1v) is 5.68. The molecule has 0 aromatic heterocycles. The van der Waals surface area contributed by atoms with Crippen LogP contribution in [0.15, 0.2) is 0 Å². The van der Waals surface area contributed by atoms with E-state index in [2.05, 4.69) is 5.32 Å². The lowest BCUT2D eigenvalue weighted by Crippen LogP contribution is -2.45. The van der Waals surface area contributed by atoms with Crippen molar-refractivity contribution in [3.05, 3.63) is 0 Å². The Morgan fingerprint density at radius 1 is 1.33 bits per heavy atom. The third kappa shape index (κ3) is 6.80. The number of aliphatic hydroxyl groups is 1. The molecule has 0 saturated carbocycles. The van der Waals surface area contributed by atoms with Crippen molar-refractivity contribution in [3.63, 3.8) is 0 Å². The van der Waals surface area contributed by atoms with E-state index in [0.717, 1.165) is 0 Å². The summed E-state index contributed by atoms with van der Waals surface area (Å²) in [6.07, 6.45) is -4.37. The largest absolute Gasteiger partial charge is 0.481 e. The van der Waals surface area contributed by atoms with Crippen LogP contribution in [0.1, 0.15) is 27.2 Å². The molecule has 2 atom stereocenters. The number of halogens is 3. The van der Waals surface area contributed by atoms with Gasteiger partial charge in [0.2, 0.25) is 0 Å². The summed E-state index contributed by atoms with van der Waals surface area (Å²) in [7, 11) is 0. The molecule has 4 nitrogen and oxygen atoms in total. The maximum Gasteiger partial charge on any atom is 0.403 e. The summed E-state index contributed by atoms with van der Waals surface area (Å²) in [5, 5.41) is 20.7. The highest BCUT2D eigenvalue weighted by molar-refractivity contribution is 5.71. The zero-order valence-electron chi connectivity index (χ0n) is 10.7. The van der Waals surface area contributed by atoms with Crippen LogP contribution < -0.4 is 5.32 Å². The van der Waals surface area contributed by atoms with E-state index < -0.39 is 30.2 Å². The Labute approximate surface area is 104 Å². The second-order valence-electron chi connectivity index (χ2n) is 5.16. The lowest BCUT2D eigenvalue weighted by Gasteiger charge is -2.26. The van der Waals surface area contributed by atoms with Crippen LogP contribution in [0.5, 0.6) is 0 Å². The number of aliphatic carboxylic acids is 1. The molecule has 3 N–H and O–H groups in total. The molecule has 18 heavy (non-hydrogen) atoms. The topological polar surface area (TPSA) is 69.6 Å². The normalized spacial score (nSPS) is 17.6. The van der Waals surface area contributed by atoms with Crippen LogP contribution >= 0.6 is 0 Å². The number of alkyl halides is 3. The average molecular weight is 271 g/mol. The predicted octanol–water partition coefficient (Wildman–Crippen LogP) is 1.64. The highest BCUT2D eigenvalue weighted by Gasteiger charge is 2.44. The van der Waals surface area contributed by atoms with E-state index in [4.69, 9.17) is 5.11 Å². The van der Waals surface area contributed by atoms with Crippen molar-refractivity contribution < 1.29 is 28.2 Å². The monoisotopic (exact) mass is 271 g/mol. The molecular formula is C11H20F3NO3. The van der Waals surface area contributed by atoms with Gasteiger partial charge < -0.3 is 15.5 Å². The number of hydrogen-bond donors (Lipinski definition) is 3. The quantitative estimate of drug-likeness (QED) is 0.658. The van der Waals surface area contributed by atoms with E-state index in [1.807, 2.05) is 13.8 Å². The summed E-state index contributed by atoms with van der Waals surface area (Å²) in [5.41, 5.74) is -1.15. The van der Waals surface area contributed by atoms with Gasteiger partial charge >= 0.3 is 12.1 Å². The van der Waals surface area contributed by atoms with Gasteiger partial charge in [-0.25, -0.2) is 0 Å². The zero-order chi connectivity index (χ0) is 14.6. The number of carboxylic acid groups (broad SMARTS) is 1. The van der Waals surface area contributed by atoms with Crippen molar-refractivity contribution in [2.75, 3.05) is 13.1 Å². The summed E-state index contributed by atoms with van der Waals surface area (Å²) in [6, 6.07) is 0. The van der Waals surface area contributed by atoms with Gasteiger partial charge in [-0.05, 0) is 19.3 Å². The van der Waals surface area contributed by atoms with Crippen molar-refractivity contribution >= 4 is 5.97 Å². The number of hydrogen-bond acceptors (Lipinski definition) is 3. The van der Waals surface area contributed by atoms with Crippen LogP contribution in [0.4, 0.5) is 13.2 Å². The van der Waals surface area contributed by atoms with Gasteiger partial charge in [0.15, 0.2) is 5.92 Å². The summed E-state index contributed by atoms with van der Waals surface area (Å²) in [6.45, 7) is 4.44. The molecule has 0 fully saturated rings. The van der Waals surface area contributed by atoms with Crippen LogP contribution in [0, 0.1) is 11.8 Å². The molecule has 0 rings (SSSR count). The molecule has 0 aliphatic heterocycles. The maximum atomic E-state index is 12.3. The van der Waals surface area contributed by atoms with E-state index in [1.165, 1.54) is 6.92 Å². The molecule has 0 aliphatic rings. The molecular weight excluding hydrogens is 251 g/mol. The molecule has 0 aliphatic carbocycles. The number of carboxylic acids is 1. The van der Waals surface area contributed by atoms with Gasteiger partial charge in [0.25, 0.3) is 0 Å². The Hall–Kier alpha value is -0.820. The van der Waals surface area contributed by atoms with E-state index in [0.29, 0.717) is 6.42 Å². The second kappa shape index (κ2) is 6.38. The Balaban J connectivity index is 4.27. The Kier molecular flexibility index (Phi) is 6.09. The van der Waals surface area contributed by atoms with Crippen molar-refractivity contribution in [2.45, 2.75) is 39.0 Å². The fourth-order valence-electron chi connectivity index (χ4n) is 1.78. The van der Waals surface area contributed by atoms with Crippen LogP contribution in [0.25, 0.3) is 0 Å². The van der Waals surface area contributed by atoms with Gasteiger partial charge in [-0.2, -0.15) is 13.2 Å². The van der Waals surface area contributed by atoms with Gasteiger partial charge in [-0.15, -0.1) is 0 Å². The third-order valence-electron chi connectivity index (χ3n) is 2.40. The molecule has 108 valence electrons. The number of carbonyl (C=O) groups is 1. The Morgan fingerprint density at radius 2 is 1.83 bits per heavy atom. The molecule has 0 heterocycles. The van der Waals surface area contributed by atoms with Crippen LogP contribution in [0.3, 0.4) is 0 Å². The highest BCUT2D eigenvalue weighted by Crippen LogP contribution is 2.26. The fourth-order valence-corrected chi connectivity index (χ4v) is 1.78. The first kappa shape index (κ1) is 17.2. The summed E-state index contributed by atoms with van der Waals surface area (Å²) in [5.74, 6) is -4.18. The molecule has 0 aromatic rings. The van der Waals surface area contributed by atoms with Gasteiger partial charge in [-0.1, -0.05) is 13.8 Å². The highest BCUT2D eigenvalue weighted by atomic mass is 19.4. The lowest BCUT2D eigenvalue weighted by molar-refractivity contribution is -0.192. The smallest absolute Gasteiger partial charge is 0.403 e. The molecule has 2 unspecified atom stereocenters. The molecule has 0 radical (unpaired) electrons. The van der Waals surface area contributed by atoms with Crippen molar-refractivity contribution in [1.29, 1.82) is 0 Å². The molecule has 0 aromatic carbocycles. The van der Waals surface area contributed by atoms with Crippen LogP contribution in [0.2, 0.25) is 0 Å². The van der Waals surface area contributed by atoms with Crippen molar-refractivity contribution in [1.82, 2.24) is 5.32 Å². The molecule has 0 saturated heterocycles. The maximum absolute atomic E-state index is 12.3. The van der Waals surface area contributed by atoms with Gasteiger partial charge in [0.05, 0.1) is 5.60 Å². The fraction of sp³-hybridized carbons (Fsp3) is 0.909. The molecule has 0 amide bonds. The predicted molar refractivity (Wildman–Crippen MR) is 60.1 cm³/mol. The SMILES string of the molecule is CC(C)CC(C)(O)CNCC(C(=O)O)C(F)(F)F. The average Bonchev–Trinajstić information content (AvgIpc) is 2.07. The minimum atomic E-state index is -4.79. The van der Waals surface area contributed by atoms with Crippen LogP contribution in [-0.2, 0) is 4.79 Å². The standard InChI is InChI=1S/C11H20F3NO3/c1-7(2)4-10(3,18)6-15-5-8(9(16)17)11(12,13)14/h7-8,15,18H,4-6H2,1-3H3,(H,16,17). The second-order valence-corrected chi connectivity index (χ2v) is 5.16. The first-order chi connectivity index (χ1) is 7.96. The summed E-state index contributed by atoms with van der Waals surface area (Å²) >= 11 is 0. The minimum absolute atomic E-state index is 0.0783. The minimum Gasteiger partial charge on any atom is -0.481 e. The van der Waals surface area contributed by atoms with E-state index in [-0.39, 0.29) is 12.5 Å². The van der Waals surface area contributed by atoms with Crippen LogP contribution in [-0.4, -0.2) is 41.0 Å². The third-order valence-corrected chi connectivity index (χ3v) is 2.40. The first-order valence-electron chi connectivity index (χ1n) is 5.68. The van der Waals surface area contributed by atoms with Gasteiger partial charge in [0.1, 0.15) is 0 Å². The molecule has 7 heteroatoms. The number of nitrogens with one attached hydrogen (secondary N) is 1. The van der Waals surface area contributed by atoms with E-state index >= 15 is 0 Å². The Morgan fingerprint density at radius 3 is 2.17 bits per heavy atom. The van der Waals surface area contributed by atoms with E-state index in [9.17, 15) is 23.1 Å². The van der Waals surface area contributed by atoms with E-state index in [1.54, 1.807) is 0 Å². The lowest BCUT2D eigenvalue weighted by atomic mass is 9.94. The molecule has 0 spiro atoms. The summed E-state index contributed by atoms with van der Waals surface area (Å²) in [4.78, 5) is 10.5. The van der Waals surface area contributed by atoms with Gasteiger partial charge in [0, 0.05) is 13.1 Å². The van der Waals surface area contributed by atoms with Crippen molar-refractivity contribution in [2.24, 2.45) is 11.8 Å². The van der Waals surface area contributed by atoms with Crippen molar-refractivity contribution in [3.8, 4) is 0 Å². The zero-order valence-corrected chi connectivity index (χ0v) is 10.7. The number of rotatable bonds is 7. The summed E-state index contributed by atoms with van der Waals surface area (Å²) < 4.78 is 37.0.